The van der Waals surface area contributed by atoms with E-state index in [0.717, 1.165) is 12.8 Å². The maximum Gasteiger partial charge on any atom is 0.147 e. The Morgan fingerprint density at radius 3 is 1.20 bits per heavy atom. The first-order chi connectivity index (χ1) is 12.3. The zero-order chi connectivity index (χ0) is 18.6. The van der Waals surface area contributed by atoms with Crippen LogP contribution in [-0.2, 0) is 9.47 Å². The quantitative estimate of drug-likeness (QED) is 0.162. The van der Waals surface area contributed by atoms with Gasteiger partial charge in [0.05, 0.1) is 12.2 Å². The normalized spacial score (nSPS) is 13.9. The van der Waals surface area contributed by atoms with Gasteiger partial charge >= 0.3 is 0 Å². The molecular weight excluding hydrogens is 308 g/mol. The van der Waals surface area contributed by atoms with E-state index < -0.39 is 0 Å². The third kappa shape index (κ3) is 17.1. The van der Waals surface area contributed by atoms with Crippen LogP contribution in [0.5, 0.6) is 0 Å². The van der Waals surface area contributed by atoms with Crippen LogP contribution in [0.25, 0.3) is 0 Å². The molecule has 0 bridgehead atoms. The Balaban J connectivity index is 3.62. The Kier molecular flexibility index (Phi) is 20.2. The lowest BCUT2D eigenvalue weighted by Crippen LogP contribution is -2.19. The molecule has 152 valence electrons. The van der Waals surface area contributed by atoms with Crippen molar-refractivity contribution >= 4 is 0 Å². The predicted octanol–water partition coefficient (Wildman–Crippen LogP) is 8.04. The molecule has 0 radical (unpaired) electrons. The van der Waals surface area contributed by atoms with Gasteiger partial charge < -0.3 is 9.47 Å². The molecule has 0 aromatic heterocycles. The summed E-state index contributed by atoms with van der Waals surface area (Å²) < 4.78 is 12.0. The Hall–Kier alpha value is -0.0800. The lowest BCUT2D eigenvalue weighted by atomic mass is 10.1. The van der Waals surface area contributed by atoms with Crippen LogP contribution in [0.2, 0.25) is 0 Å². The van der Waals surface area contributed by atoms with Crippen molar-refractivity contribution in [1.82, 2.24) is 0 Å². The molecule has 0 saturated carbocycles. The zero-order valence-corrected chi connectivity index (χ0v) is 18.0. The summed E-state index contributed by atoms with van der Waals surface area (Å²) in [4.78, 5) is 0. The monoisotopic (exact) mass is 356 g/mol. The van der Waals surface area contributed by atoms with Crippen molar-refractivity contribution in [2.45, 2.75) is 143 Å². The molecule has 0 aromatic rings. The molecule has 0 heterocycles. The van der Waals surface area contributed by atoms with Crippen molar-refractivity contribution in [2.24, 2.45) is 0 Å². The second-order valence-corrected chi connectivity index (χ2v) is 7.62. The fourth-order valence-electron chi connectivity index (χ4n) is 3.35. The minimum atomic E-state index is 0.387. The molecule has 0 saturated heterocycles. The largest absolute Gasteiger partial charge is 0.352 e. The molecule has 0 amide bonds. The zero-order valence-electron chi connectivity index (χ0n) is 18.0. The summed E-state index contributed by atoms with van der Waals surface area (Å²) in [6, 6.07) is 0. The van der Waals surface area contributed by atoms with Gasteiger partial charge in [-0.1, -0.05) is 105 Å². The van der Waals surface area contributed by atoms with E-state index in [1.807, 2.05) is 0 Å². The topological polar surface area (TPSA) is 18.5 Å². The van der Waals surface area contributed by atoms with Crippen molar-refractivity contribution < 1.29 is 9.47 Å². The molecule has 2 unspecified atom stereocenters. The van der Waals surface area contributed by atoms with E-state index >= 15 is 0 Å². The van der Waals surface area contributed by atoms with E-state index in [2.05, 4.69) is 27.7 Å². The maximum atomic E-state index is 5.99. The van der Waals surface area contributed by atoms with Crippen molar-refractivity contribution in [3.05, 3.63) is 0 Å². The fourth-order valence-corrected chi connectivity index (χ4v) is 3.35. The smallest absolute Gasteiger partial charge is 0.147 e. The summed E-state index contributed by atoms with van der Waals surface area (Å²) in [6.45, 7) is 9.50. The summed E-state index contributed by atoms with van der Waals surface area (Å²) in [5.74, 6) is 0. The average Bonchev–Trinajstić information content (AvgIpc) is 2.64. The standard InChI is InChI=1S/C23H48O2/c1-5-9-11-13-15-17-19-22(7-3)24-21-25-23(8-4)20-18-16-14-12-10-6-2/h22-23H,5-21H2,1-4H3. The lowest BCUT2D eigenvalue weighted by Gasteiger charge is -2.20. The molecule has 0 fully saturated rings. The number of unbranched alkanes of at least 4 members (excludes halogenated alkanes) is 10. The van der Waals surface area contributed by atoms with Crippen LogP contribution in [0, 0.1) is 0 Å². The summed E-state index contributed by atoms with van der Waals surface area (Å²) in [7, 11) is 0. The minimum absolute atomic E-state index is 0.387. The van der Waals surface area contributed by atoms with Crippen LogP contribution in [0.4, 0.5) is 0 Å². The molecule has 0 aliphatic heterocycles. The first-order valence-corrected chi connectivity index (χ1v) is 11.5. The summed E-state index contributed by atoms with van der Waals surface area (Å²) in [5.41, 5.74) is 0. The van der Waals surface area contributed by atoms with Gasteiger partial charge in [-0.25, -0.2) is 0 Å². The molecule has 2 atom stereocenters. The molecule has 0 N–H and O–H groups in total. The van der Waals surface area contributed by atoms with E-state index in [9.17, 15) is 0 Å². The molecule has 25 heavy (non-hydrogen) atoms. The Morgan fingerprint density at radius 1 is 0.480 bits per heavy atom. The van der Waals surface area contributed by atoms with Gasteiger partial charge in [0.1, 0.15) is 6.79 Å². The Labute approximate surface area is 159 Å². The van der Waals surface area contributed by atoms with Crippen molar-refractivity contribution in [3.8, 4) is 0 Å². The lowest BCUT2D eigenvalue weighted by molar-refractivity contribution is -0.123. The molecule has 2 nitrogen and oxygen atoms in total. The third-order valence-electron chi connectivity index (χ3n) is 5.28. The first kappa shape index (κ1) is 24.9. The highest BCUT2D eigenvalue weighted by atomic mass is 16.7. The molecule has 0 aliphatic rings. The summed E-state index contributed by atoms with van der Waals surface area (Å²) in [5, 5.41) is 0. The Morgan fingerprint density at radius 2 is 0.840 bits per heavy atom. The second kappa shape index (κ2) is 20.2. The molecule has 0 spiro atoms. The molecule has 0 aliphatic carbocycles. The highest BCUT2D eigenvalue weighted by Crippen LogP contribution is 2.15. The van der Waals surface area contributed by atoms with Gasteiger partial charge in [0, 0.05) is 0 Å². The third-order valence-corrected chi connectivity index (χ3v) is 5.28. The van der Waals surface area contributed by atoms with Crippen LogP contribution < -0.4 is 0 Å². The van der Waals surface area contributed by atoms with Crippen LogP contribution in [0.3, 0.4) is 0 Å². The van der Waals surface area contributed by atoms with Crippen molar-refractivity contribution in [2.75, 3.05) is 6.79 Å². The number of rotatable bonds is 20. The average molecular weight is 357 g/mol. The van der Waals surface area contributed by atoms with Gasteiger partial charge in [0.15, 0.2) is 0 Å². The van der Waals surface area contributed by atoms with Crippen LogP contribution in [-0.4, -0.2) is 19.0 Å². The number of ether oxygens (including phenoxy) is 2. The second-order valence-electron chi connectivity index (χ2n) is 7.62. The van der Waals surface area contributed by atoms with Gasteiger partial charge in [0.25, 0.3) is 0 Å². The summed E-state index contributed by atoms with van der Waals surface area (Å²) >= 11 is 0. The van der Waals surface area contributed by atoms with Gasteiger partial charge in [-0.15, -0.1) is 0 Å². The van der Waals surface area contributed by atoms with E-state index in [1.165, 1.54) is 89.9 Å². The number of hydrogen-bond acceptors (Lipinski definition) is 2. The summed E-state index contributed by atoms with van der Waals surface area (Å²) in [6.07, 6.45) is 21.7. The van der Waals surface area contributed by atoms with Gasteiger partial charge in [-0.3, -0.25) is 0 Å². The van der Waals surface area contributed by atoms with E-state index in [-0.39, 0.29) is 0 Å². The maximum absolute atomic E-state index is 5.99. The minimum Gasteiger partial charge on any atom is -0.352 e. The van der Waals surface area contributed by atoms with Gasteiger partial charge in [0.2, 0.25) is 0 Å². The van der Waals surface area contributed by atoms with E-state index in [4.69, 9.17) is 9.47 Å². The molecular formula is C23H48O2. The van der Waals surface area contributed by atoms with Crippen molar-refractivity contribution in [3.63, 3.8) is 0 Å². The highest BCUT2D eigenvalue weighted by molar-refractivity contribution is 4.58. The first-order valence-electron chi connectivity index (χ1n) is 11.5. The highest BCUT2D eigenvalue weighted by Gasteiger charge is 2.10. The predicted molar refractivity (Wildman–Crippen MR) is 111 cm³/mol. The SMILES string of the molecule is CCCCCCCCC(CC)OCOC(CC)CCCCCCCC. The van der Waals surface area contributed by atoms with Crippen LogP contribution in [0.15, 0.2) is 0 Å². The Bertz CT molecular complexity index is 218. The van der Waals surface area contributed by atoms with Crippen molar-refractivity contribution in [1.29, 1.82) is 0 Å². The fraction of sp³-hybridized carbons (Fsp3) is 1.00. The van der Waals surface area contributed by atoms with Crippen LogP contribution >= 0.6 is 0 Å². The molecule has 2 heteroatoms. The number of hydrogen-bond donors (Lipinski definition) is 0. The van der Waals surface area contributed by atoms with Gasteiger partial charge in [-0.05, 0) is 25.7 Å². The van der Waals surface area contributed by atoms with E-state index in [1.54, 1.807) is 0 Å². The van der Waals surface area contributed by atoms with Gasteiger partial charge in [-0.2, -0.15) is 0 Å². The van der Waals surface area contributed by atoms with E-state index in [0.29, 0.717) is 19.0 Å². The van der Waals surface area contributed by atoms with Crippen LogP contribution in [0.1, 0.15) is 130 Å². The molecule has 0 aromatic carbocycles. The molecule has 0 rings (SSSR count).